The van der Waals surface area contributed by atoms with E-state index in [2.05, 4.69) is 83.1 Å². The normalized spacial score (nSPS) is 16.0. The fourth-order valence-corrected chi connectivity index (χ4v) is 4.08. The van der Waals surface area contributed by atoms with Gasteiger partial charge < -0.3 is 15.4 Å². The van der Waals surface area contributed by atoms with Crippen molar-refractivity contribution in [1.82, 2.24) is 24.9 Å². The molecule has 2 aromatic carbocycles. The van der Waals surface area contributed by atoms with Gasteiger partial charge in [-0.3, -0.25) is 0 Å². The molecule has 2 aromatic heterocycles. The van der Waals surface area contributed by atoms with Crippen LogP contribution in [0.1, 0.15) is 37.3 Å². The Morgan fingerprint density at radius 2 is 1.91 bits per heavy atom. The first kappa shape index (κ1) is 20.5. The lowest BCUT2D eigenvalue weighted by atomic mass is 10.00. The fraction of sp³-hybridized carbons (Fsp3) is 0.320. The molecule has 0 bridgehead atoms. The first-order chi connectivity index (χ1) is 15.7. The molecule has 5 rings (SSSR count). The second-order valence-corrected chi connectivity index (χ2v) is 8.43. The molecule has 1 atom stereocenters. The number of nitrogens with one attached hydrogen (secondary N) is 2. The van der Waals surface area contributed by atoms with Gasteiger partial charge in [-0.2, -0.15) is 19.6 Å². The average Bonchev–Trinajstić information content (AvgIpc) is 3.48. The first-order valence-corrected chi connectivity index (χ1v) is 11.2. The highest BCUT2D eigenvalue weighted by molar-refractivity contribution is 5.67. The molecule has 32 heavy (non-hydrogen) atoms. The summed E-state index contributed by atoms with van der Waals surface area (Å²) in [6.45, 7) is 6.67. The summed E-state index contributed by atoms with van der Waals surface area (Å²) < 4.78 is 7.89. The van der Waals surface area contributed by atoms with Crippen LogP contribution in [0.5, 0.6) is 6.01 Å². The van der Waals surface area contributed by atoms with Crippen molar-refractivity contribution in [1.29, 1.82) is 0 Å². The summed E-state index contributed by atoms with van der Waals surface area (Å²) in [6.07, 6.45) is 2.92. The fourth-order valence-electron chi connectivity index (χ4n) is 4.08. The van der Waals surface area contributed by atoms with Crippen LogP contribution in [0.3, 0.4) is 0 Å². The summed E-state index contributed by atoms with van der Waals surface area (Å²) in [5.74, 6) is 0.931. The van der Waals surface area contributed by atoms with Crippen molar-refractivity contribution in [2.75, 3.05) is 18.4 Å². The topological polar surface area (TPSA) is 76.4 Å². The number of benzene rings is 2. The largest absolute Gasteiger partial charge is 0.459 e. The minimum Gasteiger partial charge on any atom is -0.459 e. The molecule has 0 aliphatic carbocycles. The van der Waals surface area contributed by atoms with Crippen LogP contribution < -0.4 is 15.4 Å². The predicted octanol–water partition coefficient (Wildman–Crippen LogP) is 4.27. The molecule has 1 fully saturated rings. The lowest BCUT2D eigenvalue weighted by Gasteiger charge is -2.15. The molecule has 1 aliphatic rings. The summed E-state index contributed by atoms with van der Waals surface area (Å²) in [4.78, 5) is 9.38. The van der Waals surface area contributed by atoms with E-state index in [1.807, 2.05) is 12.3 Å². The van der Waals surface area contributed by atoms with E-state index < -0.39 is 0 Å². The third-order valence-electron chi connectivity index (χ3n) is 5.82. The van der Waals surface area contributed by atoms with Crippen LogP contribution in [-0.4, -0.2) is 38.8 Å². The molecule has 2 N–H and O–H groups in total. The van der Waals surface area contributed by atoms with Crippen LogP contribution in [0, 0.1) is 0 Å². The summed E-state index contributed by atoms with van der Waals surface area (Å²) in [5, 5.41) is 11.4. The number of rotatable bonds is 7. The Bertz CT molecular complexity index is 1200. The molecule has 0 radical (unpaired) electrons. The zero-order valence-corrected chi connectivity index (χ0v) is 18.5. The van der Waals surface area contributed by atoms with Crippen LogP contribution in [-0.2, 0) is 6.54 Å². The average molecular weight is 429 g/mol. The molecule has 0 spiro atoms. The first-order valence-electron chi connectivity index (χ1n) is 11.2. The Morgan fingerprint density at radius 1 is 1.09 bits per heavy atom. The Balaban J connectivity index is 1.47. The Hall–Kier alpha value is -3.45. The van der Waals surface area contributed by atoms with Gasteiger partial charge in [-0.25, -0.2) is 0 Å². The quantitative estimate of drug-likeness (QED) is 0.458. The number of ether oxygens (including phenoxy) is 1. The van der Waals surface area contributed by atoms with Gasteiger partial charge in [0, 0.05) is 18.7 Å². The van der Waals surface area contributed by atoms with Gasteiger partial charge in [0.15, 0.2) is 5.65 Å². The van der Waals surface area contributed by atoms with Crippen molar-refractivity contribution >= 4 is 11.6 Å². The van der Waals surface area contributed by atoms with Gasteiger partial charge in [0.25, 0.3) is 0 Å². The van der Waals surface area contributed by atoms with Crippen LogP contribution in [0.25, 0.3) is 16.8 Å². The Labute approximate surface area is 187 Å². The maximum absolute atomic E-state index is 6.11. The zero-order chi connectivity index (χ0) is 21.9. The van der Waals surface area contributed by atoms with Gasteiger partial charge in [-0.15, -0.1) is 0 Å². The third kappa shape index (κ3) is 4.16. The zero-order valence-electron chi connectivity index (χ0n) is 18.5. The SMILES string of the molecule is CC(C)c1cnn2c(NCc3ccccc3-c3ccccc3)nc(OC3CCNC3)nc12. The Kier molecular flexibility index (Phi) is 5.73. The minimum absolute atomic E-state index is 0.0922. The highest BCUT2D eigenvalue weighted by Gasteiger charge is 2.21. The summed E-state index contributed by atoms with van der Waals surface area (Å²) >= 11 is 0. The van der Waals surface area contributed by atoms with Crippen molar-refractivity contribution in [3.8, 4) is 17.1 Å². The molecule has 1 aliphatic heterocycles. The van der Waals surface area contributed by atoms with Crippen molar-refractivity contribution in [3.05, 3.63) is 71.9 Å². The van der Waals surface area contributed by atoms with E-state index in [1.165, 1.54) is 16.7 Å². The molecule has 1 saturated heterocycles. The van der Waals surface area contributed by atoms with E-state index in [4.69, 9.17) is 9.72 Å². The van der Waals surface area contributed by atoms with Crippen molar-refractivity contribution in [2.45, 2.75) is 38.8 Å². The summed E-state index contributed by atoms with van der Waals surface area (Å²) in [6, 6.07) is 19.2. The van der Waals surface area contributed by atoms with Crippen LogP contribution in [0.2, 0.25) is 0 Å². The smallest absolute Gasteiger partial charge is 0.322 e. The van der Waals surface area contributed by atoms with Gasteiger partial charge in [0.05, 0.1) is 6.20 Å². The molecule has 3 heterocycles. The Morgan fingerprint density at radius 3 is 2.69 bits per heavy atom. The minimum atomic E-state index is 0.0922. The molecule has 0 saturated carbocycles. The number of fused-ring (bicyclic) bond motifs is 1. The number of aromatic nitrogens is 4. The maximum atomic E-state index is 6.11. The van der Waals surface area contributed by atoms with E-state index in [0.717, 1.165) is 30.7 Å². The predicted molar refractivity (Wildman–Crippen MR) is 126 cm³/mol. The molecular formula is C25H28N6O. The lowest BCUT2D eigenvalue weighted by molar-refractivity contribution is 0.204. The standard InChI is InChI=1S/C25H28N6O/c1-17(2)22-16-28-31-23(22)29-25(32-20-12-13-26-15-20)30-24(31)27-14-19-10-6-7-11-21(19)18-8-4-3-5-9-18/h3-11,16-17,20,26H,12-15H2,1-2H3,(H,27,29,30). The number of anilines is 1. The van der Waals surface area contributed by atoms with Crippen LogP contribution >= 0.6 is 0 Å². The van der Waals surface area contributed by atoms with Gasteiger partial charge in [-0.05, 0) is 35.6 Å². The van der Waals surface area contributed by atoms with E-state index in [1.54, 1.807) is 4.52 Å². The lowest BCUT2D eigenvalue weighted by Crippen LogP contribution is -2.21. The van der Waals surface area contributed by atoms with Crippen molar-refractivity contribution in [3.63, 3.8) is 0 Å². The number of hydrogen-bond donors (Lipinski definition) is 2. The highest BCUT2D eigenvalue weighted by atomic mass is 16.5. The van der Waals surface area contributed by atoms with Gasteiger partial charge in [0.2, 0.25) is 5.95 Å². The molecule has 1 unspecified atom stereocenters. The maximum Gasteiger partial charge on any atom is 0.322 e. The van der Waals surface area contributed by atoms with E-state index in [9.17, 15) is 0 Å². The van der Waals surface area contributed by atoms with E-state index in [0.29, 0.717) is 24.4 Å². The molecule has 7 heteroatoms. The van der Waals surface area contributed by atoms with Gasteiger partial charge >= 0.3 is 6.01 Å². The molecule has 0 amide bonds. The van der Waals surface area contributed by atoms with Crippen LogP contribution in [0.15, 0.2) is 60.8 Å². The highest BCUT2D eigenvalue weighted by Crippen LogP contribution is 2.26. The monoisotopic (exact) mass is 428 g/mol. The summed E-state index contributed by atoms with van der Waals surface area (Å²) in [5.41, 5.74) is 5.44. The van der Waals surface area contributed by atoms with Gasteiger partial charge in [0.1, 0.15) is 6.10 Å². The van der Waals surface area contributed by atoms with E-state index >= 15 is 0 Å². The van der Waals surface area contributed by atoms with Crippen molar-refractivity contribution < 1.29 is 4.74 Å². The van der Waals surface area contributed by atoms with Crippen molar-refractivity contribution in [2.24, 2.45) is 0 Å². The second-order valence-electron chi connectivity index (χ2n) is 8.43. The second kappa shape index (κ2) is 8.96. The molecular weight excluding hydrogens is 400 g/mol. The molecule has 4 aromatic rings. The molecule has 7 nitrogen and oxygen atoms in total. The summed E-state index contributed by atoms with van der Waals surface area (Å²) in [7, 11) is 0. The molecule has 164 valence electrons. The van der Waals surface area contributed by atoms with Crippen LogP contribution in [0.4, 0.5) is 5.95 Å². The van der Waals surface area contributed by atoms with E-state index in [-0.39, 0.29) is 6.10 Å². The third-order valence-corrected chi connectivity index (χ3v) is 5.82. The number of nitrogens with zero attached hydrogens (tertiary/aromatic N) is 4. The van der Waals surface area contributed by atoms with Gasteiger partial charge in [-0.1, -0.05) is 68.4 Å². The number of hydrogen-bond acceptors (Lipinski definition) is 6.